The predicted molar refractivity (Wildman–Crippen MR) is 116 cm³/mol. The molecule has 1 aliphatic rings. The van der Waals surface area contributed by atoms with Crippen LogP contribution >= 0.6 is 11.3 Å². The molecule has 0 bridgehead atoms. The Kier molecular flexibility index (Phi) is 6.37. The van der Waals surface area contributed by atoms with Gasteiger partial charge in [-0.05, 0) is 42.8 Å². The van der Waals surface area contributed by atoms with Crippen molar-refractivity contribution >= 4 is 23.1 Å². The van der Waals surface area contributed by atoms with Crippen molar-refractivity contribution in [2.75, 3.05) is 31.6 Å². The number of aromatic nitrogens is 1. The highest BCUT2D eigenvalue weighted by Crippen LogP contribution is 2.26. The Bertz CT molecular complexity index is 728. The Morgan fingerprint density at radius 1 is 1.30 bits per heavy atom. The van der Waals surface area contributed by atoms with E-state index in [4.69, 9.17) is 0 Å². The summed E-state index contributed by atoms with van der Waals surface area (Å²) in [5, 5.41) is 9.25. The van der Waals surface area contributed by atoms with E-state index >= 15 is 0 Å². The molecule has 1 saturated heterocycles. The maximum Gasteiger partial charge on any atom is 0.191 e. The first-order chi connectivity index (χ1) is 13.0. The van der Waals surface area contributed by atoms with Crippen LogP contribution in [-0.2, 0) is 5.41 Å². The van der Waals surface area contributed by atoms with Gasteiger partial charge in [-0.25, -0.2) is 4.98 Å². The van der Waals surface area contributed by atoms with E-state index in [1.165, 1.54) is 10.4 Å². The standard InChI is InChI=1S/C21H31N5S/c1-16-7-8-19(23-14-16)26-11-9-17(10-12-26)25-20(22-4)24-15-21(2,3)18-6-5-13-27-18/h5-8,13-14,17H,9-12,15H2,1-4H3,(H2,22,24,25). The number of hydrogen-bond acceptors (Lipinski definition) is 4. The molecule has 0 spiro atoms. The number of piperidine rings is 1. The summed E-state index contributed by atoms with van der Waals surface area (Å²) >= 11 is 1.81. The average Bonchev–Trinajstić information content (AvgIpc) is 3.22. The Morgan fingerprint density at radius 2 is 2.07 bits per heavy atom. The van der Waals surface area contributed by atoms with Gasteiger partial charge in [0.2, 0.25) is 0 Å². The SMILES string of the molecule is CN=C(NCC(C)(C)c1cccs1)NC1CCN(c2ccc(C)cn2)CC1. The van der Waals surface area contributed by atoms with Crippen LogP contribution in [-0.4, -0.2) is 43.7 Å². The summed E-state index contributed by atoms with van der Waals surface area (Å²) in [6.45, 7) is 9.51. The molecule has 0 aliphatic carbocycles. The summed E-state index contributed by atoms with van der Waals surface area (Å²) < 4.78 is 0. The molecule has 2 N–H and O–H groups in total. The van der Waals surface area contributed by atoms with Gasteiger partial charge in [0.25, 0.3) is 0 Å². The number of anilines is 1. The second-order valence-electron chi connectivity index (χ2n) is 7.89. The fraction of sp³-hybridized carbons (Fsp3) is 0.524. The molecule has 1 aliphatic heterocycles. The number of pyridine rings is 1. The third-order valence-electron chi connectivity index (χ3n) is 5.17. The molecule has 2 aromatic heterocycles. The van der Waals surface area contributed by atoms with Crippen LogP contribution in [0.3, 0.4) is 0 Å². The van der Waals surface area contributed by atoms with Crippen molar-refractivity contribution in [3.05, 3.63) is 46.3 Å². The molecule has 0 aromatic carbocycles. The molecule has 0 amide bonds. The highest BCUT2D eigenvalue weighted by molar-refractivity contribution is 7.10. The lowest BCUT2D eigenvalue weighted by Gasteiger charge is -2.34. The zero-order valence-electron chi connectivity index (χ0n) is 16.8. The molecule has 3 rings (SSSR count). The maximum absolute atomic E-state index is 4.56. The van der Waals surface area contributed by atoms with Crippen molar-refractivity contribution in [3.63, 3.8) is 0 Å². The summed E-state index contributed by atoms with van der Waals surface area (Å²) in [5.41, 5.74) is 1.29. The molecule has 2 aromatic rings. The minimum absolute atomic E-state index is 0.0895. The second-order valence-corrected chi connectivity index (χ2v) is 8.83. The Labute approximate surface area is 166 Å². The third kappa shape index (κ3) is 5.22. The summed E-state index contributed by atoms with van der Waals surface area (Å²) in [6.07, 6.45) is 4.12. The first-order valence-electron chi connectivity index (χ1n) is 9.67. The van der Waals surface area contributed by atoms with Gasteiger partial charge in [0.1, 0.15) is 5.82 Å². The Hall–Kier alpha value is -2.08. The number of hydrogen-bond donors (Lipinski definition) is 2. The number of guanidine groups is 1. The van der Waals surface area contributed by atoms with Crippen LogP contribution in [0.2, 0.25) is 0 Å². The van der Waals surface area contributed by atoms with E-state index in [1.807, 2.05) is 24.6 Å². The zero-order chi connectivity index (χ0) is 19.3. The lowest BCUT2D eigenvalue weighted by molar-refractivity contribution is 0.453. The fourth-order valence-corrected chi connectivity index (χ4v) is 4.20. The quantitative estimate of drug-likeness (QED) is 0.610. The Morgan fingerprint density at radius 3 is 2.67 bits per heavy atom. The van der Waals surface area contributed by atoms with Gasteiger partial charge < -0.3 is 15.5 Å². The van der Waals surface area contributed by atoms with Gasteiger partial charge in [0, 0.05) is 49.2 Å². The Balaban J connectivity index is 1.48. The number of thiophene rings is 1. The number of nitrogens with zero attached hydrogens (tertiary/aromatic N) is 3. The molecule has 3 heterocycles. The van der Waals surface area contributed by atoms with Crippen LogP contribution in [0.4, 0.5) is 5.82 Å². The van der Waals surface area contributed by atoms with E-state index in [-0.39, 0.29) is 5.41 Å². The maximum atomic E-state index is 4.56. The minimum Gasteiger partial charge on any atom is -0.356 e. The van der Waals surface area contributed by atoms with Crippen molar-refractivity contribution in [2.45, 2.75) is 45.1 Å². The number of aliphatic imine (C=N–C) groups is 1. The smallest absolute Gasteiger partial charge is 0.191 e. The van der Waals surface area contributed by atoms with Gasteiger partial charge in [0.15, 0.2) is 5.96 Å². The first kappa shape index (κ1) is 19.7. The normalized spacial score (nSPS) is 16.4. The average molecular weight is 386 g/mol. The van der Waals surface area contributed by atoms with Crippen LogP contribution < -0.4 is 15.5 Å². The molecule has 5 nitrogen and oxygen atoms in total. The van der Waals surface area contributed by atoms with Gasteiger partial charge >= 0.3 is 0 Å². The van der Waals surface area contributed by atoms with Crippen LogP contribution in [0.5, 0.6) is 0 Å². The van der Waals surface area contributed by atoms with E-state index in [0.717, 1.165) is 44.3 Å². The number of nitrogens with one attached hydrogen (secondary N) is 2. The summed E-state index contributed by atoms with van der Waals surface area (Å²) in [7, 11) is 1.85. The molecule has 1 fully saturated rings. The summed E-state index contributed by atoms with van der Waals surface area (Å²) in [5.74, 6) is 1.98. The topological polar surface area (TPSA) is 52.6 Å². The van der Waals surface area contributed by atoms with E-state index in [1.54, 1.807) is 0 Å². The van der Waals surface area contributed by atoms with Crippen molar-refractivity contribution in [2.24, 2.45) is 4.99 Å². The van der Waals surface area contributed by atoms with Gasteiger partial charge in [-0.2, -0.15) is 0 Å². The fourth-order valence-electron chi connectivity index (χ4n) is 3.34. The number of rotatable bonds is 5. The van der Waals surface area contributed by atoms with Crippen LogP contribution in [0.15, 0.2) is 40.8 Å². The lowest BCUT2D eigenvalue weighted by Crippen LogP contribution is -2.50. The molecule has 0 radical (unpaired) electrons. The van der Waals surface area contributed by atoms with Gasteiger partial charge in [-0.15, -0.1) is 11.3 Å². The molecule has 0 atom stereocenters. The highest BCUT2D eigenvalue weighted by Gasteiger charge is 2.24. The van der Waals surface area contributed by atoms with Gasteiger partial charge in [-0.3, -0.25) is 4.99 Å². The molecule has 6 heteroatoms. The van der Waals surface area contributed by atoms with Crippen molar-refractivity contribution in [1.29, 1.82) is 0 Å². The molecular weight excluding hydrogens is 354 g/mol. The monoisotopic (exact) mass is 385 g/mol. The molecular formula is C21H31N5S. The van der Waals surface area contributed by atoms with Crippen LogP contribution in [0, 0.1) is 6.92 Å². The highest BCUT2D eigenvalue weighted by atomic mass is 32.1. The van der Waals surface area contributed by atoms with Gasteiger partial charge in [0.05, 0.1) is 0 Å². The van der Waals surface area contributed by atoms with Gasteiger partial charge in [-0.1, -0.05) is 26.0 Å². The lowest BCUT2D eigenvalue weighted by atomic mass is 9.91. The summed E-state index contributed by atoms with van der Waals surface area (Å²) in [4.78, 5) is 12.7. The second kappa shape index (κ2) is 8.74. The van der Waals surface area contributed by atoms with E-state index < -0.39 is 0 Å². The molecule has 27 heavy (non-hydrogen) atoms. The van der Waals surface area contributed by atoms with Crippen molar-refractivity contribution in [3.8, 4) is 0 Å². The first-order valence-corrected chi connectivity index (χ1v) is 10.5. The van der Waals surface area contributed by atoms with E-state index in [0.29, 0.717) is 6.04 Å². The zero-order valence-corrected chi connectivity index (χ0v) is 17.6. The third-order valence-corrected chi connectivity index (χ3v) is 6.40. The largest absolute Gasteiger partial charge is 0.356 e. The number of aryl methyl sites for hydroxylation is 1. The molecule has 0 saturated carbocycles. The summed E-state index contributed by atoms with van der Waals surface area (Å²) in [6, 6.07) is 9.02. The minimum atomic E-state index is 0.0895. The predicted octanol–water partition coefficient (Wildman–Crippen LogP) is 3.56. The van der Waals surface area contributed by atoms with Crippen LogP contribution in [0.25, 0.3) is 0 Å². The van der Waals surface area contributed by atoms with Crippen LogP contribution in [0.1, 0.15) is 37.1 Å². The van der Waals surface area contributed by atoms with E-state index in [2.05, 4.69) is 75.9 Å². The molecule has 146 valence electrons. The molecule has 0 unspecified atom stereocenters. The van der Waals surface area contributed by atoms with Crippen molar-refractivity contribution < 1.29 is 0 Å². The van der Waals surface area contributed by atoms with E-state index in [9.17, 15) is 0 Å². The van der Waals surface area contributed by atoms with Crippen molar-refractivity contribution in [1.82, 2.24) is 15.6 Å².